The average molecular weight is 879 g/mol. The van der Waals surface area contributed by atoms with E-state index < -0.39 is 0 Å². The maximum atomic E-state index is 9.52. The van der Waals surface area contributed by atoms with Crippen LogP contribution in [0.15, 0.2) is 133 Å². The molecule has 4 aromatic carbocycles. The predicted molar refractivity (Wildman–Crippen MR) is 228 cm³/mol. The van der Waals surface area contributed by atoms with Crippen molar-refractivity contribution in [3.8, 4) is 0 Å². The first-order valence-electron chi connectivity index (χ1n) is 16.7. The average Bonchev–Trinajstić information content (AvgIpc) is 3.46. The van der Waals surface area contributed by atoms with Crippen LogP contribution in [0.3, 0.4) is 0 Å². The van der Waals surface area contributed by atoms with Crippen LogP contribution in [0, 0.1) is 12.1 Å². The summed E-state index contributed by atoms with van der Waals surface area (Å²) >= 11 is 0. The molecule has 3 nitrogen and oxygen atoms in total. The Labute approximate surface area is 330 Å². The molecule has 2 N–H and O–H groups in total. The van der Waals surface area contributed by atoms with Gasteiger partial charge in [-0.3, -0.25) is 4.79 Å². The van der Waals surface area contributed by atoms with Gasteiger partial charge >= 0.3 is 5.78 Å². The van der Waals surface area contributed by atoms with E-state index in [-0.39, 0.29) is 61.4 Å². The number of rotatable bonds is 8. The molecule has 6 rings (SSSR count). The standard InChI is InChI=1S/C16H17N.C16H22O2.C12H8.4CH4.Ir/c1-3-12(2)17-15-10-6-4-8-13(15)14-9-5-7-11-16(14)17;1-5-11(2)15-8-6-14(7-9-15)10-16(12(3)17)13(4)18;1-3-7-11(8-4-1)12-9-5-2-6-10-12;;;;;/h4-12H,3H2,1-2H3;6-9,11,17H,5,10H2,1-4H3;1-7,9H;4*1H4;/p+1. The fourth-order valence-corrected chi connectivity index (χ4v) is 5.65. The van der Waals surface area contributed by atoms with Crippen molar-refractivity contribution in [3.63, 3.8) is 0 Å². The van der Waals surface area contributed by atoms with Crippen molar-refractivity contribution in [2.75, 3.05) is 0 Å². The summed E-state index contributed by atoms with van der Waals surface area (Å²) in [7, 11) is 0. The maximum absolute atomic E-state index is 9.52. The monoisotopic (exact) mass is 879 g/mol. The second kappa shape index (κ2) is 24.8. The predicted octanol–water partition coefficient (Wildman–Crippen LogP) is 14.2. The van der Waals surface area contributed by atoms with Gasteiger partial charge in [-0.1, -0.05) is 123 Å². The number of hydrogen-bond acceptors (Lipinski definition) is 1. The Hall–Kier alpha value is -4.33. The van der Waals surface area contributed by atoms with Gasteiger partial charge in [0.15, 0.2) is 0 Å². The molecule has 0 spiro atoms. The fraction of sp³-hybridized carbons (Fsp3) is 0.312. The Bertz CT molecular complexity index is 1830. The molecule has 5 aromatic rings. The Balaban J connectivity index is 0. The molecule has 281 valence electrons. The molecule has 0 amide bonds. The molecule has 1 aliphatic carbocycles. The van der Waals surface area contributed by atoms with Gasteiger partial charge in [0.25, 0.3) is 0 Å². The van der Waals surface area contributed by atoms with Crippen molar-refractivity contribution in [1.82, 2.24) is 4.57 Å². The van der Waals surface area contributed by atoms with E-state index in [1.807, 2.05) is 48.6 Å². The van der Waals surface area contributed by atoms with Crippen molar-refractivity contribution in [3.05, 3.63) is 162 Å². The van der Waals surface area contributed by atoms with Crippen molar-refractivity contribution in [2.45, 2.75) is 102 Å². The number of para-hydroxylation sites is 2. The number of carbonyl (C=O) groups excluding carboxylic acids is 1. The minimum atomic E-state index is 0. The Morgan fingerprint density at radius 3 is 1.77 bits per heavy atom. The molecule has 0 bridgehead atoms. The number of aliphatic hydroxyl groups is 1. The van der Waals surface area contributed by atoms with Crippen molar-refractivity contribution in [2.24, 2.45) is 0 Å². The van der Waals surface area contributed by atoms with Crippen LogP contribution < -0.4 is 0 Å². The SMILES string of the molecule is C.C.C.C.CCC(C)c1ccc(CC(C(C)=[OH+])=C(C)O)cc1.CCC(C)n1c2ccccc2c2ccccc21.[C+]1=CC=CC=C1c1[c-]cccc1.[Ir]. The zero-order valence-electron chi connectivity index (χ0n) is 29.0. The second-order valence-corrected chi connectivity index (χ2v) is 12.1. The molecular weight excluding hydrogens is 815 g/mol. The van der Waals surface area contributed by atoms with Crippen LogP contribution >= 0.6 is 0 Å². The number of aliphatic hydroxyl groups excluding tert-OH is 1. The van der Waals surface area contributed by atoms with E-state index in [1.54, 1.807) is 13.8 Å². The summed E-state index contributed by atoms with van der Waals surface area (Å²) < 4.78 is 2.46. The number of ketones is 1. The summed E-state index contributed by atoms with van der Waals surface area (Å²) in [6.45, 7) is 12.1. The first-order valence-corrected chi connectivity index (χ1v) is 16.7. The van der Waals surface area contributed by atoms with E-state index in [0.717, 1.165) is 29.5 Å². The molecule has 1 aromatic heterocycles. The molecule has 1 heterocycles. The van der Waals surface area contributed by atoms with Gasteiger partial charge in [0.1, 0.15) is 5.76 Å². The third kappa shape index (κ3) is 13.0. The van der Waals surface area contributed by atoms with Crippen LogP contribution in [0.5, 0.6) is 0 Å². The van der Waals surface area contributed by atoms with Crippen LogP contribution in [-0.4, -0.2) is 20.3 Å². The van der Waals surface area contributed by atoms with Crippen LogP contribution in [0.2, 0.25) is 0 Å². The molecule has 1 aliphatic rings. The number of nitrogens with zero attached hydrogens (tertiary/aromatic N) is 1. The minimum Gasteiger partial charge on any atom is -0.512 e. The van der Waals surface area contributed by atoms with E-state index in [1.165, 1.54) is 27.4 Å². The smallest absolute Gasteiger partial charge is 0.320 e. The third-order valence-electron chi connectivity index (χ3n) is 8.77. The molecule has 2 unspecified atom stereocenters. The largest absolute Gasteiger partial charge is 0.512 e. The van der Waals surface area contributed by atoms with Gasteiger partial charge in [-0.25, -0.2) is 0 Å². The summed E-state index contributed by atoms with van der Waals surface area (Å²) in [6.07, 6.45) is 13.9. The van der Waals surface area contributed by atoms with Gasteiger partial charge in [0.2, 0.25) is 0 Å². The van der Waals surface area contributed by atoms with E-state index in [4.69, 9.17) is 0 Å². The Morgan fingerprint density at radius 1 is 0.769 bits per heavy atom. The van der Waals surface area contributed by atoms with Gasteiger partial charge in [-0.15, -0.1) is 24.3 Å². The van der Waals surface area contributed by atoms with Crippen LogP contribution in [0.4, 0.5) is 0 Å². The summed E-state index contributed by atoms with van der Waals surface area (Å²) in [5.74, 6) is 0.932. The van der Waals surface area contributed by atoms with Gasteiger partial charge in [-0.2, -0.15) is 0 Å². The molecule has 2 atom stereocenters. The van der Waals surface area contributed by atoms with E-state index in [9.17, 15) is 9.90 Å². The van der Waals surface area contributed by atoms with Gasteiger partial charge in [0, 0.05) is 66.5 Å². The topological polar surface area (TPSA) is 46.6 Å². The summed E-state index contributed by atoms with van der Waals surface area (Å²) in [6, 6.07) is 37.4. The number of aromatic nitrogens is 1. The van der Waals surface area contributed by atoms with E-state index in [2.05, 4.69) is 117 Å². The first kappa shape index (κ1) is 49.8. The Kier molecular flexibility index (Phi) is 23.7. The van der Waals surface area contributed by atoms with Crippen molar-refractivity contribution in [1.29, 1.82) is 0 Å². The van der Waals surface area contributed by atoms with Gasteiger partial charge in [-0.05, 0) is 68.0 Å². The number of fused-ring (bicyclic) bond motifs is 3. The maximum Gasteiger partial charge on any atom is 0.320 e. The zero-order valence-corrected chi connectivity index (χ0v) is 31.4. The third-order valence-corrected chi connectivity index (χ3v) is 8.77. The number of hydrogen-bond donors (Lipinski definition) is 1. The number of benzene rings is 4. The molecule has 4 heteroatoms. The number of allylic oxidation sites excluding steroid dienone is 8. The van der Waals surface area contributed by atoms with E-state index >= 15 is 0 Å². The molecular formula is C48H64IrNO2+. The fourth-order valence-electron chi connectivity index (χ4n) is 5.65. The van der Waals surface area contributed by atoms with Crippen LogP contribution in [0.1, 0.15) is 113 Å². The van der Waals surface area contributed by atoms with Crippen molar-refractivity contribution >= 4 is 33.2 Å². The summed E-state index contributed by atoms with van der Waals surface area (Å²) in [5.41, 5.74) is 7.92. The van der Waals surface area contributed by atoms with Gasteiger partial charge < -0.3 is 9.67 Å². The molecule has 0 saturated heterocycles. The molecule has 52 heavy (non-hydrogen) atoms. The van der Waals surface area contributed by atoms with Gasteiger partial charge in [0.05, 0.1) is 24.1 Å². The van der Waals surface area contributed by atoms with Crippen LogP contribution in [0.25, 0.3) is 27.4 Å². The molecule has 0 fully saturated rings. The van der Waals surface area contributed by atoms with Crippen LogP contribution in [-0.2, 0) is 26.5 Å². The molecule has 0 aliphatic heterocycles. The second-order valence-electron chi connectivity index (χ2n) is 12.1. The molecule has 1 radical (unpaired) electrons. The summed E-state index contributed by atoms with van der Waals surface area (Å²) in [5, 5.41) is 12.3. The van der Waals surface area contributed by atoms with E-state index in [0.29, 0.717) is 24.0 Å². The normalized spacial score (nSPS) is 12.4. The minimum absolute atomic E-state index is 0. The summed E-state index contributed by atoms with van der Waals surface area (Å²) in [4.78, 5) is 9.52. The Morgan fingerprint density at radius 2 is 1.33 bits per heavy atom. The molecule has 0 saturated carbocycles. The first-order chi connectivity index (χ1) is 22.7. The van der Waals surface area contributed by atoms with Crippen molar-refractivity contribution < 1.29 is 30.0 Å². The quantitative estimate of drug-likeness (QED) is 0.0718. The zero-order chi connectivity index (χ0) is 33.8.